The molecule has 0 bridgehead atoms. The van der Waals surface area contributed by atoms with Crippen LogP contribution in [0.4, 0.5) is 0 Å². The van der Waals surface area contributed by atoms with E-state index in [-0.39, 0.29) is 5.38 Å². The van der Waals surface area contributed by atoms with Crippen molar-refractivity contribution in [2.24, 2.45) is 5.92 Å². The SMILES string of the molecule is CC(C)Cc1ccc(C(Cl)c2ccc(Cl)o2)cc1. The second-order valence-corrected chi connectivity index (χ2v) is 5.65. The van der Waals surface area contributed by atoms with Crippen LogP contribution in [0.15, 0.2) is 40.8 Å². The van der Waals surface area contributed by atoms with Gasteiger partial charge in [0.25, 0.3) is 0 Å². The monoisotopic (exact) mass is 282 g/mol. The Balaban J connectivity index is 2.14. The van der Waals surface area contributed by atoms with E-state index in [0.717, 1.165) is 12.0 Å². The Hall–Kier alpha value is -0.920. The topological polar surface area (TPSA) is 13.1 Å². The Morgan fingerprint density at radius 1 is 1.06 bits per heavy atom. The zero-order chi connectivity index (χ0) is 13.1. The van der Waals surface area contributed by atoms with Gasteiger partial charge in [-0.3, -0.25) is 0 Å². The molecule has 0 amide bonds. The maximum atomic E-state index is 6.35. The van der Waals surface area contributed by atoms with Crippen molar-refractivity contribution < 1.29 is 4.42 Å². The van der Waals surface area contributed by atoms with Crippen molar-refractivity contribution in [3.05, 3.63) is 58.5 Å². The molecule has 1 unspecified atom stereocenters. The molecule has 0 saturated heterocycles. The molecule has 3 heteroatoms. The summed E-state index contributed by atoms with van der Waals surface area (Å²) in [5.74, 6) is 1.34. The summed E-state index contributed by atoms with van der Waals surface area (Å²) in [6.07, 6.45) is 1.08. The molecular formula is C15H16Cl2O. The summed E-state index contributed by atoms with van der Waals surface area (Å²) < 4.78 is 5.33. The molecule has 1 aromatic carbocycles. The van der Waals surface area contributed by atoms with Gasteiger partial charge in [-0.05, 0) is 47.2 Å². The minimum atomic E-state index is -0.286. The normalized spacial score (nSPS) is 12.9. The van der Waals surface area contributed by atoms with Gasteiger partial charge in [0.05, 0.1) is 0 Å². The predicted octanol–water partition coefficient (Wildman–Crippen LogP) is 5.46. The molecule has 1 atom stereocenters. The Kier molecular flexibility index (Phi) is 4.36. The zero-order valence-electron chi connectivity index (χ0n) is 10.5. The molecule has 18 heavy (non-hydrogen) atoms. The zero-order valence-corrected chi connectivity index (χ0v) is 12.0. The lowest BCUT2D eigenvalue weighted by molar-refractivity contribution is 0.518. The molecule has 0 radical (unpaired) electrons. The summed E-state index contributed by atoms with van der Waals surface area (Å²) in [5, 5.41) is 0.0812. The van der Waals surface area contributed by atoms with Crippen LogP contribution in [-0.4, -0.2) is 0 Å². The Labute approximate surface area is 118 Å². The minimum Gasteiger partial charge on any atom is -0.448 e. The fourth-order valence-corrected chi connectivity index (χ4v) is 2.34. The summed E-state index contributed by atoms with van der Waals surface area (Å²) in [4.78, 5) is 0. The van der Waals surface area contributed by atoms with Gasteiger partial charge in [0.1, 0.15) is 11.1 Å². The fraction of sp³-hybridized carbons (Fsp3) is 0.333. The number of rotatable bonds is 4. The molecule has 0 aliphatic rings. The van der Waals surface area contributed by atoms with Crippen molar-refractivity contribution in [2.45, 2.75) is 25.6 Å². The first-order valence-electron chi connectivity index (χ1n) is 6.04. The third-order valence-electron chi connectivity index (χ3n) is 2.76. The van der Waals surface area contributed by atoms with Gasteiger partial charge in [-0.25, -0.2) is 0 Å². The van der Waals surface area contributed by atoms with E-state index in [0.29, 0.717) is 16.9 Å². The standard InChI is InChI=1S/C15H16Cl2O/c1-10(2)9-11-3-5-12(6-4-11)15(17)13-7-8-14(16)18-13/h3-8,10,15H,9H2,1-2H3. The third kappa shape index (κ3) is 3.30. The van der Waals surface area contributed by atoms with Crippen LogP contribution in [0.2, 0.25) is 5.22 Å². The molecule has 0 saturated carbocycles. The minimum absolute atomic E-state index is 0.286. The molecule has 0 spiro atoms. The van der Waals surface area contributed by atoms with Crippen LogP contribution in [0.5, 0.6) is 0 Å². The molecule has 1 heterocycles. The highest BCUT2D eigenvalue weighted by Gasteiger charge is 2.14. The van der Waals surface area contributed by atoms with Crippen molar-refractivity contribution in [2.75, 3.05) is 0 Å². The number of hydrogen-bond acceptors (Lipinski definition) is 1. The Bertz CT molecular complexity index is 499. The summed E-state index contributed by atoms with van der Waals surface area (Å²) in [5.41, 5.74) is 2.35. The van der Waals surface area contributed by atoms with Gasteiger partial charge in [-0.1, -0.05) is 38.1 Å². The second kappa shape index (κ2) is 5.81. The number of halogens is 2. The van der Waals surface area contributed by atoms with Crippen LogP contribution >= 0.6 is 23.2 Å². The van der Waals surface area contributed by atoms with Gasteiger partial charge in [0, 0.05) is 0 Å². The third-order valence-corrected chi connectivity index (χ3v) is 3.43. The summed E-state index contributed by atoms with van der Waals surface area (Å²) >= 11 is 12.1. The molecule has 0 aliphatic heterocycles. The van der Waals surface area contributed by atoms with Gasteiger partial charge in [0.2, 0.25) is 0 Å². The maximum Gasteiger partial charge on any atom is 0.193 e. The Morgan fingerprint density at radius 2 is 1.72 bits per heavy atom. The maximum absolute atomic E-state index is 6.35. The number of benzene rings is 1. The largest absolute Gasteiger partial charge is 0.448 e. The van der Waals surface area contributed by atoms with E-state index in [2.05, 4.69) is 26.0 Å². The van der Waals surface area contributed by atoms with Crippen LogP contribution in [0.25, 0.3) is 0 Å². The van der Waals surface area contributed by atoms with E-state index in [1.54, 1.807) is 6.07 Å². The molecule has 1 aromatic heterocycles. The van der Waals surface area contributed by atoms with Gasteiger partial charge in [-0.2, -0.15) is 0 Å². The molecular weight excluding hydrogens is 267 g/mol. The first kappa shape index (κ1) is 13.5. The van der Waals surface area contributed by atoms with Gasteiger partial charge < -0.3 is 4.42 Å². The first-order valence-corrected chi connectivity index (χ1v) is 6.86. The van der Waals surface area contributed by atoms with E-state index < -0.39 is 0 Å². The molecule has 0 N–H and O–H groups in total. The van der Waals surface area contributed by atoms with Crippen LogP contribution in [0.1, 0.15) is 36.1 Å². The van der Waals surface area contributed by atoms with Crippen molar-refractivity contribution in [3.8, 4) is 0 Å². The highest BCUT2D eigenvalue weighted by molar-refractivity contribution is 6.29. The van der Waals surface area contributed by atoms with Crippen molar-refractivity contribution in [3.63, 3.8) is 0 Å². The van der Waals surface area contributed by atoms with E-state index in [1.165, 1.54) is 5.56 Å². The van der Waals surface area contributed by atoms with Crippen molar-refractivity contribution in [1.82, 2.24) is 0 Å². The van der Waals surface area contributed by atoms with Crippen LogP contribution < -0.4 is 0 Å². The predicted molar refractivity (Wildman–Crippen MR) is 76.4 cm³/mol. The van der Waals surface area contributed by atoms with Gasteiger partial charge >= 0.3 is 0 Å². The highest BCUT2D eigenvalue weighted by Crippen LogP contribution is 2.31. The van der Waals surface area contributed by atoms with Crippen LogP contribution in [0.3, 0.4) is 0 Å². The molecule has 1 nitrogen and oxygen atoms in total. The first-order chi connectivity index (χ1) is 8.56. The smallest absolute Gasteiger partial charge is 0.193 e. The average molecular weight is 283 g/mol. The van der Waals surface area contributed by atoms with E-state index in [4.69, 9.17) is 27.6 Å². The lowest BCUT2D eigenvalue weighted by Crippen LogP contribution is -1.96. The molecule has 2 rings (SSSR count). The van der Waals surface area contributed by atoms with Crippen molar-refractivity contribution in [1.29, 1.82) is 0 Å². The number of hydrogen-bond donors (Lipinski definition) is 0. The quantitative estimate of drug-likeness (QED) is 0.679. The van der Waals surface area contributed by atoms with E-state index in [1.807, 2.05) is 18.2 Å². The molecule has 0 aliphatic carbocycles. The molecule has 0 fully saturated rings. The highest BCUT2D eigenvalue weighted by atomic mass is 35.5. The summed E-state index contributed by atoms with van der Waals surface area (Å²) in [6.45, 7) is 4.42. The van der Waals surface area contributed by atoms with E-state index >= 15 is 0 Å². The lowest BCUT2D eigenvalue weighted by Gasteiger charge is -2.09. The van der Waals surface area contributed by atoms with Gasteiger partial charge in [0.15, 0.2) is 5.22 Å². The number of alkyl halides is 1. The fourth-order valence-electron chi connectivity index (χ4n) is 1.92. The molecule has 2 aromatic rings. The van der Waals surface area contributed by atoms with Crippen molar-refractivity contribution >= 4 is 23.2 Å². The lowest BCUT2D eigenvalue weighted by atomic mass is 10.0. The van der Waals surface area contributed by atoms with Crippen LogP contribution in [0, 0.1) is 5.92 Å². The second-order valence-electron chi connectivity index (χ2n) is 4.84. The van der Waals surface area contributed by atoms with Gasteiger partial charge in [-0.15, -0.1) is 11.6 Å². The summed E-state index contributed by atoms with van der Waals surface area (Å²) in [7, 11) is 0. The average Bonchev–Trinajstić information content (AvgIpc) is 2.75. The van der Waals surface area contributed by atoms with E-state index in [9.17, 15) is 0 Å². The molecule has 96 valence electrons. The Morgan fingerprint density at radius 3 is 2.22 bits per heavy atom. The summed E-state index contributed by atoms with van der Waals surface area (Å²) in [6, 6.07) is 11.9. The van der Waals surface area contributed by atoms with Crippen LogP contribution in [-0.2, 0) is 6.42 Å². The number of furan rings is 1.